The Morgan fingerprint density at radius 3 is 2.25 bits per heavy atom. The summed E-state index contributed by atoms with van der Waals surface area (Å²) < 4.78 is 16.9. The van der Waals surface area contributed by atoms with Gasteiger partial charge in [0.1, 0.15) is 11.9 Å². The zero-order valence-corrected chi connectivity index (χ0v) is 26.7. The van der Waals surface area contributed by atoms with Gasteiger partial charge >= 0.3 is 7.82 Å². The summed E-state index contributed by atoms with van der Waals surface area (Å²) in [7, 11) is -4.58. The van der Waals surface area contributed by atoms with Crippen LogP contribution < -0.4 is 0 Å². The van der Waals surface area contributed by atoms with Crippen LogP contribution in [0.2, 0.25) is 0 Å². The van der Waals surface area contributed by atoms with E-state index in [0.717, 1.165) is 51.4 Å². The lowest BCUT2D eigenvalue weighted by atomic mass is 9.36. The second-order valence-electron chi connectivity index (χ2n) is 16.0. The maximum absolute atomic E-state index is 13.3. The molecule has 0 aliphatic heterocycles. The molecule has 0 radical (unpaired) electrons. The molecule has 8 heteroatoms. The third-order valence-electron chi connectivity index (χ3n) is 12.7. The first-order chi connectivity index (χ1) is 18.1. The van der Waals surface area contributed by atoms with Crippen molar-refractivity contribution in [3.8, 4) is 6.07 Å². The van der Waals surface area contributed by atoms with E-state index in [-0.39, 0.29) is 63.2 Å². The first-order valence-electron chi connectivity index (χ1n) is 15.0. The van der Waals surface area contributed by atoms with Crippen molar-refractivity contribution in [3.05, 3.63) is 11.6 Å². The number of allylic oxidation sites excluding steroid dienone is 2. The fraction of sp³-hybridized carbons (Fsp3) is 0.844. The number of Topliss-reactive ketones (excluding diaryl/α,β-unsaturated/α-hetero) is 2. The highest BCUT2D eigenvalue weighted by molar-refractivity contribution is 7.46. The Bertz CT molecular complexity index is 1190. The van der Waals surface area contributed by atoms with E-state index in [4.69, 9.17) is 4.52 Å². The van der Waals surface area contributed by atoms with E-state index in [1.165, 1.54) is 0 Å². The molecule has 40 heavy (non-hydrogen) atoms. The fourth-order valence-corrected chi connectivity index (χ4v) is 10.6. The van der Waals surface area contributed by atoms with E-state index < -0.39 is 18.7 Å². The van der Waals surface area contributed by atoms with Crippen molar-refractivity contribution in [1.82, 2.24) is 0 Å². The summed E-state index contributed by atoms with van der Waals surface area (Å²) in [4.78, 5) is 45.3. The van der Waals surface area contributed by atoms with E-state index in [9.17, 15) is 29.2 Å². The van der Waals surface area contributed by atoms with Gasteiger partial charge in [-0.3, -0.25) is 9.32 Å². The highest BCUT2D eigenvalue weighted by Crippen LogP contribution is 2.72. The Morgan fingerprint density at radius 2 is 1.68 bits per heavy atom. The van der Waals surface area contributed by atoms with Crippen molar-refractivity contribution >= 4 is 19.4 Å². The molecule has 4 aliphatic carbocycles. The number of phosphoric acid groups is 1. The molecule has 0 heterocycles. The number of rotatable bonds is 6. The van der Waals surface area contributed by atoms with Gasteiger partial charge in [0.05, 0.1) is 12.2 Å². The van der Waals surface area contributed by atoms with Gasteiger partial charge in [-0.2, -0.15) is 5.26 Å². The average molecular weight is 576 g/mol. The van der Waals surface area contributed by atoms with Crippen LogP contribution in [0.1, 0.15) is 113 Å². The number of nitrogens with zero attached hydrogens (tertiary/aromatic N) is 1. The Kier molecular flexibility index (Phi) is 7.80. The molecular formula is C32H50NO6P. The van der Waals surface area contributed by atoms with Crippen LogP contribution >= 0.6 is 7.82 Å². The van der Waals surface area contributed by atoms with Gasteiger partial charge < -0.3 is 14.6 Å². The minimum absolute atomic E-state index is 0.0348. The Labute approximate surface area is 240 Å². The number of carbonyl (C=O) groups is 2. The van der Waals surface area contributed by atoms with Gasteiger partial charge in [-0.25, -0.2) is 4.57 Å². The molecule has 7 nitrogen and oxygen atoms in total. The molecule has 0 saturated heterocycles. The monoisotopic (exact) mass is 575 g/mol. The largest absolute Gasteiger partial charge is 0.469 e. The molecule has 0 aromatic heterocycles. The van der Waals surface area contributed by atoms with Crippen LogP contribution in [0.25, 0.3) is 0 Å². The second kappa shape index (κ2) is 9.87. The number of ketones is 2. The van der Waals surface area contributed by atoms with Crippen LogP contribution in [0.4, 0.5) is 0 Å². The van der Waals surface area contributed by atoms with Crippen molar-refractivity contribution in [2.45, 2.75) is 113 Å². The minimum Gasteiger partial charge on any atom is -0.303 e. The lowest BCUT2D eigenvalue weighted by Crippen LogP contribution is -2.62. The third-order valence-corrected chi connectivity index (χ3v) is 13.2. The Morgan fingerprint density at radius 1 is 1.05 bits per heavy atom. The standard InChI is InChI=1S/C32H50NO6P/c1-21(34)15-25-30(7)16-22(19-33)26(35)28(4,5)24(30)9-10-31(25,8)29(6)12-14-32(20-39-40(36,37)38)13-11-27(2,3)17-23(32)18-29/h16,23-25H,9-15,17-18,20H2,1-8H3,(H2,36,37,38)/t23?,24-,25+,29+,30-,31+,32+/m0/s1. The number of hydrogen-bond acceptors (Lipinski definition) is 5. The molecule has 1 unspecified atom stereocenters. The topological polar surface area (TPSA) is 125 Å². The van der Waals surface area contributed by atoms with E-state index in [0.29, 0.717) is 6.42 Å². The van der Waals surface area contributed by atoms with Crippen LogP contribution in [0, 0.1) is 61.6 Å². The summed E-state index contributed by atoms with van der Waals surface area (Å²) in [6, 6.07) is 2.18. The average Bonchev–Trinajstić information content (AvgIpc) is 2.82. The first-order valence-corrected chi connectivity index (χ1v) is 16.6. The summed E-state index contributed by atoms with van der Waals surface area (Å²) >= 11 is 0. The molecule has 0 aromatic rings. The quantitative estimate of drug-likeness (QED) is 0.322. The van der Waals surface area contributed by atoms with Crippen LogP contribution in [0.15, 0.2) is 11.6 Å². The molecule has 0 bridgehead atoms. The van der Waals surface area contributed by atoms with Crippen molar-refractivity contribution < 1.29 is 28.5 Å². The Hall–Kier alpha value is -1.32. The van der Waals surface area contributed by atoms with Crippen molar-refractivity contribution in [2.24, 2.45) is 50.2 Å². The summed E-state index contributed by atoms with van der Waals surface area (Å²) in [5, 5.41) is 9.94. The predicted molar refractivity (Wildman–Crippen MR) is 154 cm³/mol. The summed E-state index contributed by atoms with van der Waals surface area (Å²) in [5.41, 5.74) is -1.42. The van der Waals surface area contributed by atoms with Gasteiger partial charge in [0, 0.05) is 11.8 Å². The lowest BCUT2D eigenvalue weighted by molar-refractivity contribution is -0.180. The smallest absolute Gasteiger partial charge is 0.303 e. The normalized spacial score (nSPS) is 42.7. The number of hydrogen-bond donors (Lipinski definition) is 2. The van der Waals surface area contributed by atoms with E-state index >= 15 is 0 Å². The van der Waals surface area contributed by atoms with Crippen LogP contribution in [0.3, 0.4) is 0 Å². The van der Waals surface area contributed by atoms with Gasteiger partial charge in [0.2, 0.25) is 0 Å². The number of fused-ring (bicyclic) bond motifs is 2. The maximum atomic E-state index is 13.3. The number of phosphoric ester groups is 1. The van der Waals surface area contributed by atoms with Crippen molar-refractivity contribution in [3.63, 3.8) is 0 Å². The van der Waals surface area contributed by atoms with Gasteiger partial charge in [-0.05, 0) is 103 Å². The molecular weight excluding hydrogens is 525 g/mol. The zero-order chi connectivity index (χ0) is 30.2. The molecule has 0 aromatic carbocycles. The molecule has 7 atom stereocenters. The molecule has 0 amide bonds. The van der Waals surface area contributed by atoms with E-state index in [1.807, 2.05) is 19.9 Å². The summed E-state index contributed by atoms with van der Waals surface area (Å²) in [6.07, 6.45) is 9.56. The number of nitriles is 1. The molecule has 2 N–H and O–H groups in total. The molecule has 3 fully saturated rings. The second-order valence-corrected chi connectivity index (χ2v) is 17.2. The van der Waals surface area contributed by atoms with Crippen LogP contribution in [0.5, 0.6) is 0 Å². The predicted octanol–water partition coefficient (Wildman–Crippen LogP) is 7.18. The summed E-state index contributed by atoms with van der Waals surface area (Å²) in [6.45, 7) is 17.1. The SMILES string of the molecule is CC(=O)C[C@@H]1[C@@]2(C)C=C(C#N)C(=O)C(C)(C)[C@@H]2CC[C@@]1(C)[C@]1(C)CC[C@@]2(COP(=O)(O)O)CCC(C)(C)CC2C1. The Balaban J connectivity index is 1.78. The number of carbonyl (C=O) groups excluding carboxylic acids is 2. The lowest BCUT2D eigenvalue weighted by Gasteiger charge is -2.67. The maximum Gasteiger partial charge on any atom is 0.469 e. The molecule has 224 valence electrons. The third kappa shape index (κ3) is 5.10. The summed E-state index contributed by atoms with van der Waals surface area (Å²) in [5.74, 6) is 0.288. The minimum atomic E-state index is -4.58. The van der Waals surface area contributed by atoms with Gasteiger partial charge in [-0.1, -0.05) is 54.5 Å². The molecule has 4 aliphatic rings. The first kappa shape index (κ1) is 31.6. The zero-order valence-electron chi connectivity index (χ0n) is 25.8. The highest BCUT2D eigenvalue weighted by atomic mass is 31.2. The fourth-order valence-electron chi connectivity index (χ4n) is 10.2. The molecule has 4 rings (SSSR count). The van der Waals surface area contributed by atoms with Gasteiger partial charge in [-0.15, -0.1) is 0 Å². The van der Waals surface area contributed by atoms with E-state index in [2.05, 4.69) is 40.7 Å². The molecule has 3 saturated carbocycles. The molecule has 0 spiro atoms. The van der Waals surface area contributed by atoms with Crippen molar-refractivity contribution in [1.29, 1.82) is 5.26 Å². The highest BCUT2D eigenvalue weighted by Gasteiger charge is 2.66. The van der Waals surface area contributed by atoms with Crippen LogP contribution in [-0.2, 0) is 18.7 Å². The van der Waals surface area contributed by atoms with Crippen LogP contribution in [-0.4, -0.2) is 28.0 Å². The van der Waals surface area contributed by atoms with Gasteiger partial charge in [0.25, 0.3) is 0 Å². The van der Waals surface area contributed by atoms with Gasteiger partial charge in [0.15, 0.2) is 5.78 Å². The van der Waals surface area contributed by atoms with E-state index in [1.54, 1.807) is 6.92 Å². The van der Waals surface area contributed by atoms with Crippen molar-refractivity contribution in [2.75, 3.05) is 6.61 Å².